The van der Waals surface area contributed by atoms with E-state index in [0.29, 0.717) is 35.0 Å². The fourth-order valence-corrected chi connectivity index (χ4v) is 3.61. The number of rotatable bonds is 8. The van der Waals surface area contributed by atoms with E-state index in [9.17, 15) is 14.4 Å². The number of aldehydes is 1. The van der Waals surface area contributed by atoms with Crippen molar-refractivity contribution < 1.29 is 14.4 Å². The van der Waals surface area contributed by atoms with E-state index in [4.69, 9.17) is 5.53 Å². The molecule has 3 amide bonds. The van der Waals surface area contributed by atoms with E-state index >= 15 is 0 Å². The Morgan fingerprint density at radius 2 is 1.90 bits per heavy atom. The van der Waals surface area contributed by atoms with Gasteiger partial charge in [-0.1, -0.05) is 30.3 Å². The number of carbonyl (C=O) groups is 3. The van der Waals surface area contributed by atoms with Crippen molar-refractivity contribution in [1.82, 2.24) is 9.80 Å². The number of carbonyl (C=O) groups excluding carboxylic acids is 3. The van der Waals surface area contributed by atoms with Gasteiger partial charge < -0.3 is 10.2 Å². The van der Waals surface area contributed by atoms with Crippen molar-refractivity contribution in [3.63, 3.8) is 0 Å². The van der Waals surface area contributed by atoms with Crippen molar-refractivity contribution in [2.45, 2.75) is 19.4 Å². The summed E-state index contributed by atoms with van der Waals surface area (Å²) in [6.07, 6.45) is 3.15. The lowest BCUT2D eigenvalue weighted by Gasteiger charge is -2.16. The van der Waals surface area contributed by atoms with Gasteiger partial charge in [0.1, 0.15) is 12.2 Å². The number of urea groups is 1. The van der Waals surface area contributed by atoms with Crippen LogP contribution in [0.15, 0.2) is 41.5 Å². The van der Waals surface area contributed by atoms with E-state index in [-0.39, 0.29) is 18.5 Å². The second-order valence-corrected chi connectivity index (χ2v) is 7.77. The van der Waals surface area contributed by atoms with Crippen molar-refractivity contribution >= 4 is 29.6 Å². The van der Waals surface area contributed by atoms with Crippen LogP contribution in [0.1, 0.15) is 28.8 Å². The molecule has 2 aromatic carbocycles. The number of benzene rings is 2. The molecular weight excluding hydrogens is 382 g/mol. The summed E-state index contributed by atoms with van der Waals surface area (Å²) in [5.41, 5.74) is 11.4. The summed E-state index contributed by atoms with van der Waals surface area (Å²) in [4.78, 5) is 38.2. The Morgan fingerprint density at radius 1 is 1.17 bits per heavy atom. The first-order chi connectivity index (χ1) is 14.5. The van der Waals surface area contributed by atoms with E-state index in [2.05, 4.69) is 10.4 Å². The molecule has 2 N–H and O–H groups in total. The SMILES string of the molecule is CN1C(=O)CN(Cc2ccc(-c3ccc(NCC4CC4)c(N=N)c3C=O)cc2)C1=O. The van der Waals surface area contributed by atoms with Crippen LogP contribution in [0.5, 0.6) is 0 Å². The largest absolute Gasteiger partial charge is 0.383 e. The Hall–Kier alpha value is -3.55. The van der Waals surface area contributed by atoms with E-state index in [1.807, 2.05) is 36.4 Å². The van der Waals surface area contributed by atoms with Crippen molar-refractivity contribution in [2.24, 2.45) is 11.0 Å². The molecular formula is C22H23N5O3. The van der Waals surface area contributed by atoms with Gasteiger partial charge in [0.2, 0.25) is 5.91 Å². The maximum Gasteiger partial charge on any atom is 0.327 e. The van der Waals surface area contributed by atoms with Crippen LogP contribution in [-0.2, 0) is 11.3 Å². The van der Waals surface area contributed by atoms with Crippen LogP contribution in [0.3, 0.4) is 0 Å². The molecule has 4 rings (SSSR count). The zero-order valence-corrected chi connectivity index (χ0v) is 16.7. The normalized spacial score (nSPS) is 16.2. The zero-order chi connectivity index (χ0) is 21.3. The molecule has 0 atom stereocenters. The van der Waals surface area contributed by atoms with Crippen LogP contribution in [0.25, 0.3) is 11.1 Å². The van der Waals surface area contributed by atoms with Gasteiger partial charge in [0.25, 0.3) is 0 Å². The molecule has 8 heteroatoms. The van der Waals surface area contributed by atoms with E-state index in [0.717, 1.165) is 28.9 Å². The minimum atomic E-state index is -0.302. The molecule has 8 nitrogen and oxygen atoms in total. The number of hydrogen-bond donors (Lipinski definition) is 2. The van der Waals surface area contributed by atoms with Crippen LogP contribution in [0.2, 0.25) is 0 Å². The molecule has 2 fully saturated rings. The van der Waals surface area contributed by atoms with Gasteiger partial charge in [-0.05, 0) is 41.5 Å². The van der Waals surface area contributed by atoms with Crippen molar-refractivity contribution in [3.05, 3.63) is 47.5 Å². The molecule has 154 valence electrons. The van der Waals surface area contributed by atoms with Crippen LogP contribution in [0.4, 0.5) is 16.2 Å². The molecule has 2 aromatic rings. The molecule has 0 spiro atoms. The Kier molecular flexibility index (Phi) is 5.31. The van der Waals surface area contributed by atoms with E-state index < -0.39 is 0 Å². The van der Waals surface area contributed by atoms with Gasteiger partial charge in [-0.2, -0.15) is 5.11 Å². The second-order valence-electron chi connectivity index (χ2n) is 7.77. The number of imide groups is 1. The summed E-state index contributed by atoms with van der Waals surface area (Å²) in [5.74, 6) is 0.447. The maximum absolute atomic E-state index is 12.1. The predicted octanol–water partition coefficient (Wildman–Crippen LogP) is 4.04. The third kappa shape index (κ3) is 3.80. The number of likely N-dealkylation sites (N-methyl/N-ethyl adjacent to an activating group) is 1. The molecule has 0 unspecified atom stereocenters. The lowest BCUT2D eigenvalue weighted by molar-refractivity contribution is -0.124. The lowest BCUT2D eigenvalue weighted by atomic mass is 9.97. The zero-order valence-electron chi connectivity index (χ0n) is 16.7. The summed E-state index contributed by atoms with van der Waals surface area (Å²) in [5, 5.41) is 6.91. The Labute approximate surface area is 174 Å². The highest BCUT2D eigenvalue weighted by molar-refractivity contribution is 6.01. The number of hydrogen-bond acceptors (Lipinski definition) is 6. The molecule has 1 heterocycles. The van der Waals surface area contributed by atoms with Gasteiger partial charge >= 0.3 is 6.03 Å². The van der Waals surface area contributed by atoms with E-state index in [1.54, 1.807) is 0 Å². The van der Waals surface area contributed by atoms with E-state index in [1.165, 1.54) is 24.8 Å². The highest BCUT2D eigenvalue weighted by Crippen LogP contribution is 2.37. The highest BCUT2D eigenvalue weighted by atomic mass is 16.2. The van der Waals surface area contributed by atoms with Crippen molar-refractivity contribution in [1.29, 1.82) is 5.53 Å². The Balaban J connectivity index is 1.56. The third-order valence-corrected chi connectivity index (χ3v) is 5.62. The first-order valence-electron chi connectivity index (χ1n) is 9.90. The minimum Gasteiger partial charge on any atom is -0.383 e. The molecule has 1 saturated heterocycles. The topological polar surface area (TPSA) is 106 Å². The third-order valence-electron chi connectivity index (χ3n) is 5.62. The molecule has 2 aliphatic rings. The van der Waals surface area contributed by atoms with Gasteiger partial charge in [0, 0.05) is 20.1 Å². The van der Waals surface area contributed by atoms with Gasteiger partial charge in [-0.25, -0.2) is 10.3 Å². The fourth-order valence-electron chi connectivity index (χ4n) is 3.61. The van der Waals surface area contributed by atoms with Gasteiger partial charge in [-0.3, -0.25) is 14.5 Å². The number of anilines is 1. The average Bonchev–Trinajstić information content (AvgIpc) is 3.56. The number of nitrogens with zero attached hydrogens (tertiary/aromatic N) is 3. The molecule has 0 aromatic heterocycles. The van der Waals surface area contributed by atoms with Gasteiger partial charge in [0.15, 0.2) is 6.29 Å². The fraction of sp³-hybridized carbons (Fsp3) is 0.318. The summed E-state index contributed by atoms with van der Waals surface area (Å²) in [7, 11) is 1.48. The molecule has 1 aliphatic carbocycles. The van der Waals surface area contributed by atoms with Gasteiger partial charge in [-0.15, -0.1) is 0 Å². The first kappa shape index (κ1) is 19.8. The second kappa shape index (κ2) is 8.06. The summed E-state index contributed by atoms with van der Waals surface area (Å²) >= 11 is 0. The Bertz CT molecular complexity index is 1010. The molecule has 1 aliphatic heterocycles. The average molecular weight is 405 g/mol. The molecule has 0 radical (unpaired) electrons. The maximum atomic E-state index is 12.1. The van der Waals surface area contributed by atoms with Gasteiger partial charge in [0.05, 0.1) is 11.3 Å². The quantitative estimate of drug-likeness (QED) is 0.393. The lowest BCUT2D eigenvalue weighted by Crippen LogP contribution is -2.29. The minimum absolute atomic E-state index is 0.0794. The summed E-state index contributed by atoms with van der Waals surface area (Å²) in [6, 6.07) is 10.9. The summed E-state index contributed by atoms with van der Waals surface area (Å²) < 4.78 is 0. The molecule has 1 saturated carbocycles. The number of amides is 3. The van der Waals surface area contributed by atoms with Crippen LogP contribution in [0, 0.1) is 11.4 Å². The van der Waals surface area contributed by atoms with Crippen molar-refractivity contribution in [2.75, 3.05) is 25.5 Å². The van der Waals surface area contributed by atoms with Crippen LogP contribution in [-0.4, -0.2) is 48.2 Å². The smallest absolute Gasteiger partial charge is 0.327 e. The standard InChI is InChI=1S/C22H23N5O3/c1-26-20(29)12-27(22(26)30)11-15-4-6-16(7-5-15)17-8-9-19(24-10-14-2-3-14)21(25-23)18(17)13-28/h4-9,13-14,23-24H,2-3,10-12H2,1H3. The highest BCUT2D eigenvalue weighted by Gasteiger charge is 2.32. The van der Waals surface area contributed by atoms with Crippen LogP contribution >= 0.6 is 0 Å². The Morgan fingerprint density at radius 3 is 2.47 bits per heavy atom. The summed E-state index contributed by atoms with van der Waals surface area (Å²) in [6.45, 7) is 1.24. The number of nitrogens with one attached hydrogen (secondary N) is 2. The van der Waals surface area contributed by atoms with Crippen LogP contribution < -0.4 is 5.32 Å². The molecule has 0 bridgehead atoms. The molecule has 30 heavy (non-hydrogen) atoms. The monoisotopic (exact) mass is 405 g/mol. The predicted molar refractivity (Wildman–Crippen MR) is 112 cm³/mol. The first-order valence-corrected chi connectivity index (χ1v) is 9.90. The van der Waals surface area contributed by atoms with Crippen molar-refractivity contribution in [3.8, 4) is 11.1 Å².